The van der Waals surface area contributed by atoms with Gasteiger partial charge >= 0.3 is 5.97 Å². The number of benzene rings is 3. The molecule has 0 saturated heterocycles. The Morgan fingerprint density at radius 2 is 1.74 bits per heavy atom. The normalized spacial score (nSPS) is 17.3. The number of hydrogen-bond acceptors (Lipinski definition) is 2. The minimum absolute atomic E-state index is 0.565. The van der Waals surface area contributed by atoms with Crippen LogP contribution in [0.4, 0.5) is 0 Å². The summed E-state index contributed by atoms with van der Waals surface area (Å²) in [5.74, 6) is -0.782. The van der Waals surface area contributed by atoms with E-state index in [2.05, 4.69) is 24.3 Å². The summed E-state index contributed by atoms with van der Waals surface area (Å²) in [4.78, 5) is 13.8. The number of carboxylic acid groups (broad SMARTS) is 1. The summed E-state index contributed by atoms with van der Waals surface area (Å²) in [5.41, 5.74) is 3.20. The molecule has 1 N–H and O–H groups in total. The number of fused-ring (bicyclic) bond motifs is 2. The first-order valence-corrected chi connectivity index (χ1v) is 7.75. The molecule has 0 radical (unpaired) electrons. The van der Waals surface area contributed by atoms with Gasteiger partial charge in [-0.05, 0) is 27.5 Å². The minimum atomic E-state index is -0.782. The van der Waals surface area contributed by atoms with E-state index in [9.17, 15) is 9.90 Å². The summed E-state index contributed by atoms with van der Waals surface area (Å²) in [6.07, 6.45) is 0. The molecule has 1 aliphatic heterocycles. The van der Waals surface area contributed by atoms with Gasteiger partial charge in [-0.25, -0.2) is 0 Å². The molecule has 23 heavy (non-hydrogen) atoms. The molecule has 1 heterocycles. The van der Waals surface area contributed by atoms with E-state index < -0.39 is 12.0 Å². The second-order valence-electron chi connectivity index (χ2n) is 5.98. The fraction of sp³-hybridized carbons (Fsp3) is 0.150. The molecule has 3 aromatic carbocycles. The SMILES string of the molecule is O=C(O)C1c2ccccc2CN1Cc1cccc2ccccc12. The predicted octanol–water partition coefficient (Wildman–Crippen LogP) is 3.98. The largest absolute Gasteiger partial charge is 0.480 e. The molecule has 1 unspecified atom stereocenters. The zero-order valence-electron chi connectivity index (χ0n) is 12.6. The van der Waals surface area contributed by atoms with Crippen molar-refractivity contribution < 1.29 is 9.90 Å². The third-order valence-electron chi connectivity index (χ3n) is 4.58. The third kappa shape index (κ3) is 2.39. The van der Waals surface area contributed by atoms with Crippen LogP contribution in [0.3, 0.4) is 0 Å². The summed E-state index contributed by atoms with van der Waals surface area (Å²) >= 11 is 0. The molecule has 3 heteroatoms. The van der Waals surface area contributed by atoms with Crippen molar-refractivity contribution in [1.29, 1.82) is 0 Å². The minimum Gasteiger partial charge on any atom is -0.480 e. The molecule has 0 spiro atoms. The summed E-state index contributed by atoms with van der Waals surface area (Å²) < 4.78 is 0. The van der Waals surface area contributed by atoms with Crippen molar-refractivity contribution in [2.45, 2.75) is 19.1 Å². The van der Waals surface area contributed by atoms with Crippen molar-refractivity contribution >= 4 is 16.7 Å². The standard InChI is InChI=1S/C20H17NO2/c22-20(23)19-18-11-4-2-7-16(18)13-21(19)12-15-9-5-8-14-6-1-3-10-17(14)15/h1-11,19H,12-13H2,(H,22,23). The highest BCUT2D eigenvalue weighted by molar-refractivity contribution is 5.85. The van der Waals surface area contributed by atoms with E-state index in [1.807, 2.05) is 47.4 Å². The molecule has 1 aliphatic rings. The Morgan fingerprint density at radius 1 is 1.00 bits per heavy atom. The van der Waals surface area contributed by atoms with E-state index in [0.717, 1.165) is 11.1 Å². The van der Waals surface area contributed by atoms with Gasteiger partial charge in [-0.1, -0.05) is 66.7 Å². The number of hydrogen-bond donors (Lipinski definition) is 1. The molecule has 0 aromatic heterocycles. The molecule has 0 fully saturated rings. The number of carbonyl (C=O) groups is 1. The fourth-order valence-electron chi connectivity index (χ4n) is 3.54. The lowest BCUT2D eigenvalue weighted by Crippen LogP contribution is -2.27. The predicted molar refractivity (Wildman–Crippen MR) is 90.0 cm³/mol. The van der Waals surface area contributed by atoms with Gasteiger partial charge in [0.15, 0.2) is 0 Å². The Morgan fingerprint density at radius 3 is 2.61 bits per heavy atom. The molecular weight excluding hydrogens is 286 g/mol. The van der Waals surface area contributed by atoms with E-state index in [1.54, 1.807) is 0 Å². The molecule has 4 rings (SSSR count). The Hall–Kier alpha value is -2.65. The Bertz CT molecular complexity index is 882. The smallest absolute Gasteiger partial charge is 0.325 e. The molecule has 0 amide bonds. The Balaban J connectivity index is 1.72. The van der Waals surface area contributed by atoms with Gasteiger partial charge in [0.1, 0.15) is 6.04 Å². The van der Waals surface area contributed by atoms with Gasteiger partial charge in [-0.3, -0.25) is 9.69 Å². The monoisotopic (exact) mass is 303 g/mol. The summed E-state index contributed by atoms with van der Waals surface area (Å²) in [6.45, 7) is 1.31. The van der Waals surface area contributed by atoms with Crippen molar-refractivity contribution in [3.63, 3.8) is 0 Å². The van der Waals surface area contributed by atoms with Crippen LogP contribution in [0.2, 0.25) is 0 Å². The average molecular weight is 303 g/mol. The highest BCUT2D eigenvalue weighted by atomic mass is 16.4. The van der Waals surface area contributed by atoms with Crippen LogP contribution in [-0.4, -0.2) is 16.0 Å². The van der Waals surface area contributed by atoms with Crippen molar-refractivity contribution in [1.82, 2.24) is 4.90 Å². The van der Waals surface area contributed by atoms with Crippen molar-refractivity contribution in [2.24, 2.45) is 0 Å². The van der Waals surface area contributed by atoms with E-state index in [0.29, 0.717) is 13.1 Å². The highest BCUT2D eigenvalue weighted by Crippen LogP contribution is 2.35. The maximum Gasteiger partial charge on any atom is 0.325 e. The van der Waals surface area contributed by atoms with E-state index >= 15 is 0 Å². The topological polar surface area (TPSA) is 40.5 Å². The van der Waals surface area contributed by atoms with Crippen LogP contribution in [0, 0.1) is 0 Å². The van der Waals surface area contributed by atoms with Gasteiger partial charge in [0.25, 0.3) is 0 Å². The lowest BCUT2D eigenvalue weighted by molar-refractivity contribution is -0.143. The summed E-state index contributed by atoms with van der Waals surface area (Å²) in [7, 11) is 0. The molecule has 3 aromatic rings. The fourth-order valence-corrected chi connectivity index (χ4v) is 3.54. The maximum atomic E-state index is 11.8. The first-order valence-electron chi connectivity index (χ1n) is 7.75. The van der Waals surface area contributed by atoms with Crippen molar-refractivity contribution in [3.05, 3.63) is 83.4 Å². The van der Waals surface area contributed by atoms with Crippen LogP contribution >= 0.6 is 0 Å². The highest BCUT2D eigenvalue weighted by Gasteiger charge is 2.35. The van der Waals surface area contributed by atoms with Crippen LogP contribution in [0.15, 0.2) is 66.7 Å². The van der Waals surface area contributed by atoms with Crippen LogP contribution in [-0.2, 0) is 17.9 Å². The molecule has 0 saturated carbocycles. The van der Waals surface area contributed by atoms with Gasteiger partial charge in [0.2, 0.25) is 0 Å². The number of carboxylic acids is 1. The lowest BCUT2D eigenvalue weighted by atomic mass is 10.0. The second-order valence-corrected chi connectivity index (χ2v) is 5.98. The van der Waals surface area contributed by atoms with Gasteiger partial charge in [-0.15, -0.1) is 0 Å². The van der Waals surface area contributed by atoms with Crippen LogP contribution in [0.25, 0.3) is 10.8 Å². The second kappa shape index (κ2) is 5.52. The van der Waals surface area contributed by atoms with Crippen LogP contribution in [0.5, 0.6) is 0 Å². The van der Waals surface area contributed by atoms with Crippen LogP contribution in [0.1, 0.15) is 22.7 Å². The summed E-state index contributed by atoms with van der Waals surface area (Å²) in [5, 5.41) is 12.1. The van der Waals surface area contributed by atoms with E-state index in [1.165, 1.54) is 16.3 Å². The average Bonchev–Trinajstić information content (AvgIpc) is 2.93. The number of nitrogens with zero attached hydrogens (tertiary/aromatic N) is 1. The van der Waals surface area contributed by atoms with E-state index in [4.69, 9.17) is 0 Å². The molecule has 114 valence electrons. The number of aliphatic carboxylic acids is 1. The number of rotatable bonds is 3. The molecule has 0 aliphatic carbocycles. The third-order valence-corrected chi connectivity index (χ3v) is 4.58. The quantitative estimate of drug-likeness (QED) is 0.795. The van der Waals surface area contributed by atoms with Crippen LogP contribution < -0.4 is 0 Å². The first-order chi connectivity index (χ1) is 11.2. The maximum absolute atomic E-state index is 11.8. The summed E-state index contributed by atoms with van der Waals surface area (Å²) in [6, 6.07) is 21.7. The van der Waals surface area contributed by atoms with E-state index in [-0.39, 0.29) is 0 Å². The van der Waals surface area contributed by atoms with Gasteiger partial charge in [0.05, 0.1) is 0 Å². The zero-order valence-corrected chi connectivity index (χ0v) is 12.6. The molecule has 3 nitrogen and oxygen atoms in total. The van der Waals surface area contributed by atoms with Gasteiger partial charge in [0, 0.05) is 13.1 Å². The Labute approximate surface area is 134 Å². The Kier molecular flexibility index (Phi) is 3.36. The van der Waals surface area contributed by atoms with Gasteiger partial charge in [-0.2, -0.15) is 0 Å². The lowest BCUT2D eigenvalue weighted by Gasteiger charge is -2.22. The zero-order chi connectivity index (χ0) is 15.8. The molecular formula is C20H17NO2. The van der Waals surface area contributed by atoms with Crippen molar-refractivity contribution in [2.75, 3.05) is 0 Å². The molecule has 1 atom stereocenters. The van der Waals surface area contributed by atoms with Crippen molar-refractivity contribution in [3.8, 4) is 0 Å². The van der Waals surface area contributed by atoms with Gasteiger partial charge < -0.3 is 5.11 Å². The molecule has 0 bridgehead atoms. The first kappa shape index (κ1) is 14.0.